The van der Waals surface area contributed by atoms with Gasteiger partial charge in [-0.3, -0.25) is 14.4 Å². The Hall–Kier alpha value is -3.35. The fourth-order valence-corrected chi connectivity index (χ4v) is 3.68. The molecule has 7 nitrogen and oxygen atoms in total. The lowest BCUT2D eigenvalue weighted by molar-refractivity contribution is -0.114. The van der Waals surface area contributed by atoms with E-state index in [1.54, 1.807) is 41.3 Å². The molecule has 0 atom stereocenters. The number of rotatable bonds is 8. The summed E-state index contributed by atoms with van der Waals surface area (Å²) in [6.07, 6.45) is 2.09. The van der Waals surface area contributed by atoms with Gasteiger partial charge in [-0.25, -0.2) is 0 Å². The summed E-state index contributed by atoms with van der Waals surface area (Å²) in [5.74, 6) is -0.261. The van der Waals surface area contributed by atoms with Gasteiger partial charge >= 0.3 is 0 Å². The molecule has 1 fully saturated rings. The summed E-state index contributed by atoms with van der Waals surface area (Å²) in [6.45, 7) is 6.79. The quantitative estimate of drug-likeness (QED) is 0.683. The molecule has 7 heteroatoms. The maximum Gasteiger partial charge on any atom is 0.253 e. The van der Waals surface area contributed by atoms with E-state index in [2.05, 4.69) is 10.6 Å². The van der Waals surface area contributed by atoms with Crippen molar-refractivity contribution in [3.63, 3.8) is 0 Å². The van der Waals surface area contributed by atoms with Crippen LogP contribution in [0.5, 0.6) is 0 Å². The highest BCUT2D eigenvalue weighted by Crippen LogP contribution is 2.17. The molecule has 0 unspecified atom stereocenters. The average Bonchev–Trinajstić information content (AvgIpc) is 3.33. The van der Waals surface area contributed by atoms with Crippen molar-refractivity contribution >= 4 is 29.1 Å². The Labute approximate surface area is 183 Å². The Morgan fingerprint density at radius 1 is 0.903 bits per heavy atom. The van der Waals surface area contributed by atoms with Crippen LogP contribution in [-0.2, 0) is 4.79 Å². The summed E-state index contributed by atoms with van der Waals surface area (Å²) in [5, 5.41) is 5.88. The second kappa shape index (κ2) is 10.6. The van der Waals surface area contributed by atoms with E-state index >= 15 is 0 Å². The first-order valence-corrected chi connectivity index (χ1v) is 10.8. The van der Waals surface area contributed by atoms with Gasteiger partial charge in [0.05, 0.1) is 6.54 Å². The van der Waals surface area contributed by atoms with Gasteiger partial charge in [-0.1, -0.05) is 12.1 Å². The number of nitrogens with zero attached hydrogens (tertiary/aromatic N) is 2. The SMILES string of the molecule is CCN(CC)C(=O)c1cccc(NC(=O)CNc2cccc(C(=O)N3CCCC3)c2)c1. The molecule has 0 saturated carbocycles. The Balaban J connectivity index is 1.57. The van der Waals surface area contributed by atoms with Crippen LogP contribution in [0.4, 0.5) is 11.4 Å². The predicted octanol–water partition coefficient (Wildman–Crippen LogP) is 3.46. The largest absolute Gasteiger partial charge is 0.376 e. The number of amides is 3. The normalized spacial score (nSPS) is 13.0. The molecule has 3 amide bonds. The molecule has 1 saturated heterocycles. The van der Waals surface area contributed by atoms with Gasteiger partial charge in [-0.15, -0.1) is 0 Å². The minimum Gasteiger partial charge on any atom is -0.376 e. The third-order valence-corrected chi connectivity index (χ3v) is 5.40. The molecule has 1 heterocycles. The molecule has 0 aromatic heterocycles. The van der Waals surface area contributed by atoms with E-state index in [9.17, 15) is 14.4 Å². The van der Waals surface area contributed by atoms with Crippen LogP contribution in [0.15, 0.2) is 48.5 Å². The Bertz CT molecular complexity index is 934. The van der Waals surface area contributed by atoms with E-state index in [0.29, 0.717) is 35.6 Å². The van der Waals surface area contributed by atoms with Gasteiger partial charge in [-0.05, 0) is 63.1 Å². The van der Waals surface area contributed by atoms with Crippen LogP contribution in [-0.4, -0.2) is 60.2 Å². The molecule has 3 rings (SSSR count). The van der Waals surface area contributed by atoms with Gasteiger partial charge in [-0.2, -0.15) is 0 Å². The summed E-state index contributed by atoms with van der Waals surface area (Å²) in [6, 6.07) is 14.2. The zero-order chi connectivity index (χ0) is 22.2. The Morgan fingerprint density at radius 3 is 2.19 bits per heavy atom. The Morgan fingerprint density at radius 2 is 1.52 bits per heavy atom. The molecule has 31 heavy (non-hydrogen) atoms. The van der Waals surface area contributed by atoms with Crippen molar-refractivity contribution in [2.45, 2.75) is 26.7 Å². The van der Waals surface area contributed by atoms with Crippen LogP contribution in [0.3, 0.4) is 0 Å². The number of hydrogen-bond acceptors (Lipinski definition) is 4. The summed E-state index contributed by atoms with van der Waals surface area (Å²) in [7, 11) is 0. The Kier molecular flexibility index (Phi) is 7.65. The standard InChI is InChI=1S/C24H30N4O3/c1-3-27(4-2)23(30)19-10-8-12-21(16-19)26-22(29)17-25-20-11-7-9-18(15-20)24(31)28-13-5-6-14-28/h7-12,15-16,25H,3-6,13-14,17H2,1-2H3,(H,26,29). The molecule has 2 N–H and O–H groups in total. The minimum atomic E-state index is -0.233. The zero-order valence-electron chi connectivity index (χ0n) is 18.2. The maximum absolute atomic E-state index is 12.5. The van der Waals surface area contributed by atoms with E-state index in [-0.39, 0.29) is 24.3 Å². The summed E-state index contributed by atoms with van der Waals surface area (Å²) < 4.78 is 0. The number of carbonyl (C=O) groups excluding carboxylic acids is 3. The number of likely N-dealkylation sites (tertiary alicyclic amines) is 1. The third kappa shape index (κ3) is 5.84. The van der Waals surface area contributed by atoms with E-state index in [4.69, 9.17) is 0 Å². The van der Waals surface area contributed by atoms with Crippen molar-refractivity contribution in [2.75, 3.05) is 43.4 Å². The molecule has 0 aliphatic carbocycles. The van der Waals surface area contributed by atoms with Crippen LogP contribution in [0.2, 0.25) is 0 Å². The van der Waals surface area contributed by atoms with Crippen LogP contribution in [0.1, 0.15) is 47.4 Å². The average molecular weight is 423 g/mol. The van der Waals surface area contributed by atoms with Gasteiger partial charge in [0, 0.05) is 48.7 Å². The van der Waals surface area contributed by atoms with Gasteiger partial charge in [0.25, 0.3) is 11.8 Å². The highest BCUT2D eigenvalue weighted by Gasteiger charge is 2.19. The number of benzene rings is 2. The summed E-state index contributed by atoms with van der Waals surface area (Å²) in [4.78, 5) is 41.0. The first-order valence-electron chi connectivity index (χ1n) is 10.8. The summed E-state index contributed by atoms with van der Waals surface area (Å²) in [5.41, 5.74) is 2.45. The highest BCUT2D eigenvalue weighted by atomic mass is 16.2. The fraction of sp³-hybridized carbons (Fsp3) is 0.375. The van der Waals surface area contributed by atoms with Crippen LogP contribution >= 0.6 is 0 Å². The van der Waals surface area contributed by atoms with Crippen LogP contribution in [0.25, 0.3) is 0 Å². The first kappa shape index (κ1) is 22.3. The fourth-order valence-electron chi connectivity index (χ4n) is 3.68. The van der Waals surface area contributed by atoms with Gasteiger partial charge in [0.2, 0.25) is 5.91 Å². The zero-order valence-corrected chi connectivity index (χ0v) is 18.2. The third-order valence-electron chi connectivity index (χ3n) is 5.40. The van der Waals surface area contributed by atoms with Crippen molar-refractivity contribution in [1.82, 2.24) is 9.80 Å². The predicted molar refractivity (Wildman–Crippen MR) is 122 cm³/mol. The molecule has 2 aromatic carbocycles. The monoisotopic (exact) mass is 422 g/mol. The lowest BCUT2D eigenvalue weighted by Crippen LogP contribution is -2.30. The second-order valence-corrected chi connectivity index (χ2v) is 7.54. The molecule has 1 aliphatic heterocycles. The highest BCUT2D eigenvalue weighted by molar-refractivity contribution is 5.98. The van der Waals surface area contributed by atoms with E-state index in [0.717, 1.165) is 25.9 Å². The van der Waals surface area contributed by atoms with Gasteiger partial charge < -0.3 is 20.4 Å². The number of hydrogen-bond donors (Lipinski definition) is 2. The second-order valence-electron chi connectivity index (χ2n) is 7.54. The number of anilines is 2. The first-order chi connectivity index (χ1) is 15.0. The molecular weight excluding hydrogens is 392 g/mol. The van der Waals surface area contributed by atoms with E-state index in [1.165, 1.54) is 0 Å². The van der Waals surface area contributed by atoms with Crippen molar-refractivity contribution in [3.05, 3.63) is 59.7 Å². The lowest BCUT2D eigenvalue weighted by Gasteiger charge is -2.19. The topological polar surface area (TPSA) is 81.8 Å². The molecule has 0 spiro atoms. The van der Waals surface area contributed by atoms with Crippen LogP contribution in [0, 0.1) is 0 Å². The van der Waals surface area contributed by atoms with Crippen molar-refractivity contribution < 1.29 is 14.4 Å². The molecule has 1 aliphatic rings. The molecular formula is C24H30N4O3. The van der Waals surface area contributed by atoms with E-state index in [1.807, 2.05) is 30.9 Å². The molecule has 0 radical (unpaired) electrons. The van der Waals surface area contributed by atoms with Crippen LogP contribution < -0.4 is 10.6 Å². The van der Waals surface area contributed by atoms with Gasteiger partial charge in [0.1, 0.15) is 0 Å². The number of nitrogens with one attached hydrogen (secondary N) is 2. The van der Waals surface area contributed by atoms with Gasteiger partial charge in [0.15, 0.2) is 0 Å². The van der Waals surface area contributed by atoms with Crippen molar-refractivity contribution in [1.29, 1.82) is 0 Å². The summed E-state index contributed by atoms with van der Waals surface area (Å²) >= 11 is 0. The number of carbonyl (C=O) groups is 3. The van der Waals surface area contributed by atoms with E-state index < -0.39 is 0 Å². The minimum absolute atomic E-state index is 0.0280. The molecule has 164 valence electrons. The molecule has 2 aromatic rings. The smallest absolute Gasteiger partial charge is 0.253 e. The van der Waals surface area contributed by atoms with Crippen molar-refractivity contribution in [3.8, 4) is 0 Å². The maximum atomic E-state index is 12.5. The molecule has 0 bridgehead atoms. The lowest BCUT2D eigenvalue weighted by atomic mass is 10.1. The van der Waals surface area contributed by atoms with Crippen molar-refractivity contribution in [2.24, 2.45) is 0 Å².